The number of anilines is 1. The summed E-state index contributed by atoms with van der Waals surface area (Å²) in [7, 11) is 0. The highest BCUT2D eigenvalue weighted by molar-refractivity contribution is 6.42. The number of urea groups is 1. The van der Waals surface area contributed by atoms with Gasteiger partial charge in [0.25, 0.3) is 0 Å². The van der Waals surface area contributed by atoms with Crippen LogP contribution < -0.4 is 5.32 Å². The Morgan fingerprint density at radius 3 is 2.03 bits per heavy atom. The average Bonchev–Trinajstić information content (AvgIpc) is 2.74. The Balaban J connectivity index is 2.09. The molecule has 2 rings (SSSR count). The van der Waals surface area contributed by atoms with E-state index in [-0.39, 0.29) is 6.03 Å². The SMILES string of the molecule is CCCCCCCN(Cc1ccc(CCCC)cc1)C(=O)Nc1c(Cl)cc(Cl)cc1Cl. The molecule has 0 aromatic heterocycles. The van der Waals surface area contributed by atoms with Crippen LogP contribution in [0.2, 0.25) is 15.1 Å². The first-order valence-corrected chi connectivity index (χ1v) is 12.4. The number of amides is 2. The number of benzene rings is 2. The van der Waals surface area contributed by atoms with Crippen molar-refractivity contribution in [2.45, 2.75) is 71.8 Å². The van der Waals surface area contributed by atoms with Crippen LogP contribution in [0.3, 0.4) is 0 Å². The maximum Gasteiger partial charge on any atom is 0.322 e. The average molecular weight is 484 g/mol. The van der Waals surface area contributed by atoms with Gasteiger partial charge in [0, 0.05) is 18.1 Å². The maximum absolute atomic E-state index is 13.1. The second-order valence-corrected chi connectivity index (χ2v) is 9.18. The molecule has 6 heteroatoms. The van der Waals surface area contributed by atoms with Gasteiger partial charge in [-0.05, 0) is 42.5 Å². The number of nitrogens with zero attached hydrogens (tertiary/aromatic N) is 1. The summed E-state index contributed by atoms with van der Waals surface area (Å²) >= 11 is 18.5. The first-order valence-electron chi connectivity index (χ1n) is 11.2. The molecular weight excluding hydrogens is 451 g/mol. The summed E-state index contributed by atoms with van der Waals surface area (Å²) in [6, 6.07) is 11.5. The van der Waals surface area contributed by atoms with E-state index < -0.39 is 0 Å². The molecule has 2 aromatic carbocycles. The van der Waals surface area contributed by atoms with Crippen LogP contribution in [-0.2, 0) is 13.0 Å². The normalized spacial score (nSPS) is 10.9. The molecule has 0 aliphatic carbocycles. The van der Waals surface area contributed by atoms with Crippen LogP contribution in [-0.4, -0.2) is 17.5 Å². The zero-order chi connectivity index (χ0) is 22.6. The molecule has 0 saturated heterocycles. The Hall–Kier alpha value is -1.42. The van der Waals surface area contributed by atoms with Gasteiger partial charge in [-0.3, -0.25) is 0 Å². The lowest BCUT2D eigenvalue weighted by Gasteiger charge is -2.24. The molecule has 2 amide bonds. The van der Waals surface area contributed by atoms with Crippen LogP contribution >= 0.6 is 34.8 Å². The molecule has 31 heavy (non-hydrogen) atoms. The van der Waals surface area contributed by atoms with E-state index in [9.17, 15) is 4.79 Å². The minimum Gasteiger partial charge on any atom is -0.320 e. The van der Waals surface area contributed by atoms with E-state index in [0.717, 1.165) is 24.8 Å². The van der Waals surface area contributed by atoms with E-state index in [1.807, 2.05) is 4.90 Å². The summed E-state index contributed by atoms with van der Waals surface area (Å²) in [6.45, 7) is 5.61. The van der Waals surface area contributed by atoms with Crippen molar-refractivity contribution in [1.82, 2.24) is 4.90 Å². The van der Waals surface area contributed by atoms with Gasteiger partial charge in [0.05, 0.1) is 15.7 Å². The predicted octanol–water partition coefficient (Wildman–Crippen LogP) is 8.99. The van der Waals surface area contributed by atoms with Gasteiger partial charge in [-0.1, -0.05) is 105 Å². The lowest BCUT2D eigenvalue weighted by molar-refractivity contribution is 0.207. The molecule has 0 heterocycles. The Labute approximate surface area is 202 Å². The van der Waals surface area contributed by atoms with Gasteiger partial charge in [-0.25, -0.2) is 4.79 Å². The largest absolute Gasteiger partial charge is 0.322 e. The van der Waals surface area contributed by atoms with E-state index in [4.69, 9.17) is 34.8 Å². The molecule has 0 fully saturated rings. The van der Waals surface area contributed by atoms with Crippen molar-refractivity contribution < 1.29 is 4.79 Å². The number of carbonyl (C=O) groups is 1. The molecule has 1 N–H and O–H groups in total. The Morgan fingerprint density at radius 1 is 0.839 bits per heavy atom. The lowest BCUT2D eigenvalue weighted by Crippen LogP contribution is -2.35. The van der Waals surface area contributed by atoms with Crippen molar-refractivity contribution in [2.75, 3.05) is 11.9 Å². The molecule has 0 radical (unpaired) electrons. The summed E-state index contributed by atoms with van der Waals surface area (Å²) in [4.78, 5) is 14.9. The third-order valence-corrected chi connectivity index (χ3v) is 6.09. The highest BCUT2D eigenvalue weighted by atomic mass is 35.5. The van der Waals surface area contributed by atoms with Crippen LogP contribution in [0.5, 0.6) is 0 Å². The molecule has 0 aliphatic rings. The number of unbranched alkanes of at least 4 members (excludes halogenated alkanes) is 5. The zero-order valence-corrected chi connectivity index (χ0v) is 20.8. The number of nitrogens with one attached hydrogen (secondary N) is 1. The number of hydrogen-bond acceptors (Lipinski definition) is 1. The smallest absolute Gasteiger partial charge is 0.320 e. The zero-order valence-electron chi connectivity index (χ0n) is 18.5. The Kier molecular flexibility index (Phi) is 11.6. The summed E-state index contributed by atoms with van der Waals surface area (Å²) in [5, 5.41) is 3.97. The van der Waals surface area contributed by atoms with Crippen LogP contribution in [0.25, 0.3) is 0 Å². The second-order valence-electron chi connectivity index (χ2n) is 7.93. The first kappa shape index (κ1) is 25.8. The number of carbonyl (C=O) groups excluding carboxylic acids is 1. The molecule has 0 spiro atoms. The Bertz CT molecular complexity index is 801. The van der Waals surface area contributed by atoms with Gasteiger partial charge in [-0.2, -0.15) is 0 Å². The monoisotopic (exact) mass is 482 g/mol. The molecular formula is C25H33Cl3N2O. The number of rotatable bonds is 12. The highest BCUT2D eigenvalue weighted by Gasteiger charge is 2.17. The van der Waals surface area contributed by atoms with E-state index in [1.54, 1.807) is 12.1 Å². The topological polar surface area (TPSA) is 32.3 Å². The Morgan fingerprint density at radius 2 is 1.42 bits per heavy atom. The van der Waals surface area contributed by atoms with Crippen molar-refractivity contribution in [3.05, 3.63) is 62.6 Å². The van der Waals surface area contributed by atoms with Crippen molar-refractivity contribution in [3.63, 3.8) is 0 Å². The fourth-order valence-electron chi connectivity index (χ4n) is 3.42. The number of aryl methyl sites for hydroxylation is 1. The second kappa shape index (κ2) is 13.9. The molecule has 0 aliphatic heterocycles. The van der Waals surface area contributed by atoms with Gasteiger partial charge >= 0.3 is 6.03 Å². The molecule has 2 aromatic rings. The fourth-order valence-corrected chi connectivity index (χ4v) is 4.33. The molecule has 3 nitrogen and oxygen atoms in total. The summed E-state index contributed by atoms with van der Waals surface area (Å²) in [6.07, 6.45) is 9.14. The molecule has 0 saturated carbocycles. The van der Waals surface area contributed by atoms with Gasteiger partial charge in [-0.15, -0.1) is 0 Å². The van der Waals surface area contributed by atoms with Crippen molar-refractivity contribution in [3.8, 4) is 0 Å². The van der Waals surface area contributed by atoms with Crippen molar-refractivity contribution in [2.24, 2.45) is 0 Å². The first-order chi connectivity index (χ1) is 14.9. The van der Waals surface area contributed by atoms with Gasteiger partial charge in [0.2, 0.25) is 0 Å². The van der Waals surface area contributed by atoms with Crippen LogP contribution in [0.1, 0.15) is 69.9 Å². The molecule has 0 bridgehead atoms. The molecule has 170 valence electrons. The summed E-state index contributed by atoms with van der Waals surface area (Å²) < 4.78 is 0. The van der Waals surface area contributed by atoms with Crippen LogP contribution in [0, 0.1) is 0 Å². The fraction of sp³-hybridized carbons (Fsp3) is 0.480. The third-order valence-electron chi connectivity index (χ3n) is 5.27. The molecule has 0 unspecified atom stereocenters. The van der Waals surface area contributed by atoms with Gasteiger partial charge in [0.1, 0.15) is 0 Å². The lowest BCUT2D eigenvalue weighted by atomic mass is 10.1. The van der Waals surface area contributed by atoms with Gasteiger partial charge in [0.15, 0.2) is 0 Å². The predicted molar refractivity (Wildman–Crippen MR) is 135 cm³/mol. The van der Waals surface area contributed by atoms with Crippen LogP contribution in [0.4, 0.5) is 10.5 Å². The number of hydrogen-bond donors (Lipinski definition) is 1. The van der Waals surface area contributed by atoms with Crippen molar-refractivity contribution >= 4 is 46.5 Å². The number of halogens is 3. The summed E-state index contributed by atoms with van der Waals surface area (Å²) in [5.74, 6) is 0. The standard InChI is InChI=1S/C25H33Cl3N2O/c1-3-5-7-8-9-15-30(18-20-13-11-19(12-14-20)10-6-4-2)25(31)29-24-22(27)16-21(26)17-23(24)28/h11-14,16-17H,3-10,15,18H2,1-2H3,(H,29,31). The minimum absolute atomic E-state index is 0.211. The van der Waals surface area contributed by atoms with E-state index in [2.05, 4.69) is 43.4 Å². The van der Waals surface area contributed by atoms with E-state index in [1.165, 1.54) is 37.7 Å². The van der Waals surface area contributed by atoms with Crippen molar-refractivity contribution in [1.29, 1.82) is 0 Å². The third kappa shape index (κ3) is 8.92. The summed E-state index contributed by atoms with van der Waals surface area (Å²) in [5.41, 5.74) is 2.83. The minimum atomic E-state index is -0.211. The maximum atomic E-state index is 13.1. The molecule has 0 atom stereocenters. The quantitative estimate of drug-likeness (QED) is 0.300. The highest BCUT2D eigenvalue weighted by Crippen LogP contribution is 2.34. The van der Waals surface area contributed by atoms with Gasteiger partial charge < -0.3 is 10.2 Å². The van der Waals surface area contributed by atoms with E-state index in [0.29, 0.717) is 33.8 Å². The van der Waals surface area contributed by atoms with E-state index >= 15 is 0 Å². The van der Waals surface area contributed by atoms with Crippen LogP contribution in [0.15, 0.2) is 36.4 Å².